The summed E-state index contributed by atoms with van der Waals surface area (Å²) in [6.07, 6.45) is 12.8. The summed E-state index contributed by atoms with van der Waals surface area (Å²) in [5.74, 6) is 0.313. The van der Waals surface area contributed by atoms with Crippen LogP contribution < -0.4 is 15.4 Å². The number of urea groups is 1. The summed E-state index contributed by atoms with van der Waals surface area (Å²) in [7, 11) is 1.87. The number of aliphatic hydroxyl groups is 1. The normalized spacial score (nSPS) is 25.0. The number of nitrogens with zero attached hydrogens (tertiary/aromatic N) is 2. The van der Waals surface area contributed by atoms with Gasteiger partial charge in [0.25, 0.3) is 5.91 Å². The summed E-state index contributed by atoms with van der Waals surface area (Å²) in [5, 5.41) is 16.2. The Balaban J connectivity index is 1.56. The topological polar surface area (TPSA) is 120 Å². The van der Waals surface area contributed by atoms with E-state index in [1.165, 1.54) is 12.8 Å². The number of fused-ring (bicyclic) bond motifs is 1. The lowest BCUT2D eigenvalue weighted by molar-refractivity contribution is -0.137. The number of likely N-dealkylation sites (N-methyl/N-ethyl adjacent to an activating group) is 1. The molecule has 0 spiro atoms. The molecule has 2 saturated carbocycles. The first-order chi connectivity index (χ1) is 22.2. The Hall–Kier alpha value is -2.85. The molecule has 0 saturated heterocycles. The van der Waals surface area contributed by atoms with Crippen molar-refractivity contribution in [1.82, 2.24) is 15.1 Å². The Bertz CT molecular complexity index is 1140. The van der Waals surface area contributed by atoms with Crippen LogP contribution in [0.15, 0.2) is 18.2 Å². The van der Waals surface area contributed by atoms with Gasteiger partial charge in [0.15, 0.2) is 0 Å². The molecule has 10 heteroatoms. The van der Waals surface area contributed by atoms with Crippen LogP contribution in [0.2, 0.25) is 0 Å². The maximum atomic E-state index is 14.4. The lowest BCUT2D eigenvalue weighted by atomic mass is 9.88. The molecule has 0 radical (unpaired) electrons. The van der Waals surface area contributed by atoms with Gasteiger partial charge in [0.05, 0.1) is 30.4 Å². The molecule has 0 bridgehead atoms. The van der Waals surface area contributed by atoms with Crippen LogP contribution in [0.1, 0.15) is 115 Å². The van der Waals surface area contributed by atoms with Crippen LogP contribution >= 0.6 is 0 Å². The Morgan fingerprint density at radius 2 is 1.67 bits per heavy atom. The van der Waals surface area contributed by atoms with E-state index in [4.69, 9.17) is 9.47 Å². The number of ether oxygens (including phenoxy) is 2. The van der Waals surface area contributed by atoms with Crippen molar-refractivity contribution in [2.24, 2.45) is 11.8 Å². The Labute approximate surface area is 275 Å². The van der Waals surface area contributed by atoms with Crippen LogP contribution in [0.3, 0.4) is 0 Å². The van der Waals surface area contributed by atoms with Gasteiger partial charge in [0.1, 0.15) is 5.75 Å². The quantitative estimate of drug-likeness (QED) is 0.337. The third-order valence-corrected chi connectivity index (χ3v) is 10.0. The fourth-order valence-electron chi connectivity index (χ4n) is 7.08. The SMILES string of the molecule is C[C@@H]1CCCCO[C@H](CN(C)C(=O)C2CCCCC2)[C@H](C)CN([C@H](C)CO)C(=O)c2cc(NC(=O)NC3CCCCC3)ccc2O1. The minimum Gasteiger partial charge on any atom is -0.490 e. The summed E-state index contributed by atoms with van der Waals surface area (Å²) in [6.45, 7) is 7.00. The first-order valence-corrected chi connectivity index (χ1v) is 17.8. The summed E-state index contributed by atoms with van der Waals surface area (Å²) in [6, 6.07) is 4.62. The second-order valence-electron chi connectivity index (χ2n) is 14.0. The molecule has 4 rings (SSSR count). The lowest BCUT2D eigenvalue weighted by Crippen LogP contribution is -2.48. The average molecular weight is 643 g/mol. The van der Waals surface area contributed by atoms with Gasteiger partial charge >= 0.3 is 6.03 Å². The number of anilines is 1. The second kappa shape index (κ2) is 17.9. The van der Waals surface area contributed by atoms with E-state index in [0.29, 0.717) is 36.7 Å². The largest absolute Gasteiger partial charge is 0.490 e. The van der Waals surface area contributed by atoms with Crippen molar-refractivity contribution >= 4 is 23.5 Å². The molecular formula is C36H58N4O6. The van der Waals surface area contributed by atoms with E-state index in [0.717, 1.165) is 70.6 Å². The van der Waals surface area contributed by atoms with E-state index in [-0.39, 0.29) is 54.5 Å². The van der Waals surface area contributed by atoms with Gasteiger partial charge in [-0.1, -0.05) is 45.4 Å². The van der Waals surface area contributed by atoms with E-state index in [2.05, 4.69) is 10.6 Å². The molecule has 1 aromatic carbocycles. The van der Waals surface area contributed by atoms with Gasteiger partial charge in [-0.25, -0.2) is 4.79 Å². The standard InChI is InChI=1S/C36H58N4O6/c1-25-22-40(26(2)24-41)35(43)31-21-30(38-36(44)37-29-16-9-6-10-17-29)18-19-32(31)46-27(3)13-11-12-20-45-33(25)23-39(4)34(42)28-14-7-5-8-15-28/h18-19,21,25-29,33,41H,5-17,20,22-24H2,1-4H3,(H2,37,38,44)/t25-,26-,27-,33-/m1/s1. The maximum Gasteiger partial charge on any atom is 0.319 e. The number of benzene rings is 1. The van der Waals surface area contributed by atoms with E-state index < -0.39 is 6.04 Å². The van der Waals surface area contributed by atoms with Crippen molar-refractivity contribution in [2.45, 2.75) is 129 Å². The van der Waals surface area contributed by atoms with Crippen LogP contribution in [0, 0.1) is 11.8 Å². The number of amides is 4. The minimum absolute atomic E-state index is 0.0746. The van der Waals surface area contributed by atoms with Crippen molar-refractivity contribution in [2.75, 3.05) is 38.7 Å². The number of aliphatic hydroxyl groups excluding tert-OH is 1. The third kappa shape index (κ3) is 10.3. The number of carbonyl (C=O) groups is 3. The van der Waals surface area contributed by atoms with E-state index >= 15 is 0 Å². The van der Waals surface area contributed by atoms with Gasteiger partial charge in [-0.15, -0.1) is 0 Å². The lowest BCUT2D eigenvalue weighted by Gasteiger charge is -2.36. The first-order valence-electron chi connectivity index (χ1n) is 17.8. The van der Waals surface area contributed by atoms with E-state index in [1.807, 2.05) is 32.7 Å². The van der Waals surface area contributed by atoms with Gasteiger partial charge < -0.3 is 35.0 Å². The van der Waals surface area contributed by atoms with Crippen LogP contribution in [0.25, 0.3) is 0 Å². The molecule has 46 heavy (non-hydrogen) atoms. The number of carbonyl (C=O) groups excluding carboxylic acids is 3. The molecular weight excluding hydrogens is 584 g/mol. The highest BCUT2D eigenvalue weighted by molar-refractivity contribution is 5.99. The molecule has 4 atom stereocenters. The molecule has 1 aromatic rings. The van der Waals surface area contributed by atoms with Gasteiger partial charge in [-0.2, -0.15) is 0 Å². The molecule has 3 aliphatic rings. The zero-order valence-electron chi connectivity index (χ0n) is 28.6. The van der Waals surface area contributed by atoms with Crippen molar-refractivity contribution in [3.8, 4) is 5.75 Å². The first kappa shape index (κ1) is 36.0. The van der Waals surface area contributed by atoms with Gasteiger partial charge in [0, 0.05) is 50.3 Å². The molecule has 2 aliphatic carbocycles. The molecule has 1 aliphatic heterocycles. The van der Waals surface area contributed by atoms with Gasteiger partial charge in [-0.05, 0) is 77.0 Å². The number of rotatable bonds is 7. The van der Waals surface area contributed by atoms with Crippen molar-refractivity contribution in [1.29, 1.82) is 0 Å². The summed E-state index contributed by atoms with van der Waals surface area (Å²) in [4.78, 5) is 44.1. The number of hydrogen-bond acceptors (Lipinski definition) is 6. The fourth-order valence-corrected chi connectivity index (χ4v) is 7.08. The van der Waals surface area contributed by atoms with Crippen LogP contribution in [-0.2, 0) is 9.53 Å². The molecule has 3 N–H and O–H groups in total. The molecule has 4 amide bonds. The van der Waals surface area contributed by atoms with Gasteiger partial charge in [-0.3, -0.25) is 9.59 Å². The molecule has 0 aromatic heterocycles. The van der Waals surface area contributed by atoms with Gasteiger partial charge in [0.2, 0.25) is 5.91 Å². The number of nitrogens with one attached hydrogen (secondary N) is 2. The molecule has 0 unspecified atom stereocenters. The van der Waals surface area contributed by atoms with E-state index in [1.54, 1.807) is 23.1 Å². The summed E-state index contributed by atoms with van der Waals surface area (Å²) < 4.78 is 12.8. The predicted molar refractivity (Wildman–Crippen MR) is 180 cm³/mol. The second-order valence-corrected chi connectivity index (χ2v) is 14.0. The monoisotopic (exact) mass is 642 g/mol. The average Bonchev–Trinajstić information content (AvgIpc) is 3.06. The smallest absolute Gasteiger partial charge is 0.319 e. The maximum absolute atomic E-state index is 14.4. The highest BCUT2D eigenvalue weighted by Gasteiger charge is 2.32. The van der Waals surface area contributed by atoms with E-state index in [9.17, 15) is 19.5 Å². The zero-order chi connectivity index (χ0) is 33.1. The van der Waals surface area contributed by atoms with Crippen molar-refractivity contribution in [3.63, 3.8) is 0 Å². The molecule has 10 nitrogen and oxygen atoms in total. The van der Waals surface area contributed by atoms with Crippen molar-refractivity contribution < 1.29 is 29.0 Å². The molecule has 2 fully saturated rings. The highest BCUT2D eigenvalue weighted by Crippen LogP contribution is 2.29. The summed E-state index contributed by atoms with van der Waals surface area (Å²) in [5.41, 5.74) is 0.848. The van der Waals surface area contributed by atoms with Crippen LogP contribution in [0.4, 0.5) is 10.5 Å². The molecule has 258 valence electrons. The summed E-state index contributed by atoms with van der Waals surface area (Å²) >= 11 is 0. The molecule has 1 heterocycles. The van der Waals surface area contributed by atoms with Crippen molar-refractivity contribution in [3.05, 3.63) is 23.8 Å². The Morgan fingerprint density at radius 3 is 2.37 bits per heavy atom. The number of hydrogen-bond donors (Lipinski definition) is 3. The third-order valence-electron chi connectivity index (χ3n) is 10.0. The van der Waals surface area contributed by atoms with Crippen LogP contribution in [-0.4, -0.2) is 90.4 Å². The predicted octanol–water partition coefficient (Wildman–Crippen LogP) is 5.98. The minimum atomic E-state index is -0.471. The Morgan fingerprint density at radius 1 is 1.00 bits per heavy atom. The zero-order valence-corrected chi connectivity index (χ0v) is 28.6. The highest BCUT2D eigenvalue weighted by atomic mass is 16.5. The Kier molecular flexibility index (Phi) is 14.0. The fraction of sp³-hybridized carbons (Fsp3) is 0.750. The van der Waals surface area contributed by atoms with Crippen LogP contribution in [0.5, 0.6) is 5.75 Å².